The molecule has 140 valence electrons. The summed E-state index contributed by atoms with van der Waals surface area (Å²) in [4.78, 5) is 12.5. The van der Waals surface area contributed by atoms with Gasteiger partial charge in [-0.15, -0.1) is 0 Å². The number of benzene rings is 1. The van der Waals surface area contributed by atoms with Crippen molar-refractivity contribution in [3.05, 3.63) is 35.9 Å². The molecular weight excluding hydrogens is 314 g/mol. The molecule has 0 spiro atoms. The molecule has 0 saturated carbocycles. The van der Waals surface area contributed by atoms with Crippen LogP contribution in [0.5, 0.6) is 0 Å². The first kappa shape index (κ1) is 19.9. The molecule has 1 aromatic rings. The quantitative estimate of drug-likeness (QED) is 0.607. The fourth-order valence-electron chi connectivity index (χ4n) is 3.97. The van der Waals surface area contributed by atoms with Gasteiger partial charge in [-0.05, 0) is 45.6 Å². The van der Waals surface area contributed by atoms with Crippen LogP contribution >= 0.6 is 0 Å². The van der Waals surface area contributed by atoms with Crippen molar-refractivity contribution in [2.45, 2.75) is 58.1 Å². The van der Waals surface area contributed by atoms with E-state index >= 15 is 0 Å². The zero-order valence-electron chi connectivity index (χ0n) is 16.1. The van der Waals surface area contributed by atoms with E-state index in [1.165, 1.54) is 19.4 Å². The normalized spacial score (nSPS) is 26.2. The van der Waals surface area contributed by atoms with Gasteiger partial charge in [0.1, 0.15) is 5.92 Å². The third-order valence-electron chi connectivity index (χ3n) is 5.85. The lowest BCUT2D eigenvalue weighted by Crippen LogP contribution is -2.55. The Hall–Kier alpha value is -1.39. The van der Waals surface area contributed by atoms with Crippen molar-refractivity contribution in [2.24, 2.45) is 5.92 Å². The maximum Gasteiger partial charge on any atom is 0.316 e. The highest BCUT2D eigenvalue weighted by molar-refractivity contribution is 5.78. The number of aliphatic hydroxyl groups excluding tert-OH is 1. The minimum atomic E-state index is -0.591. The zero-order chi connectivity index (χ0) is 18.4. The fraction of sp³-hybridized carbons (Fsp3) is 0.667. The topological polar surface area (TPSA) is 46.5 Å². The van der Waals surface area contributed by atoms with Gasteiger partial charge in [-0.3, -0.25) is 4.79 Å². The summed E-state index contributed by atoms with van der Waals surface area (Å²) in [5, 5.41) is 9.61. The Balaban J connectivity index is 1.90. The first-order chi connectivity index (χ1) is 11.9. The largest absolute Gasteiger partial charge is 0.462 e. The van der Waals surface area contributed by atoms with E-state index in [-0.39, 0.29) is 18.7 Å². The number of ether oxygens (including phenoxy) is 1. The third-order valence-corrected chi connectivity index (χ3v) is 5.85. The molecule has 1 saturated heterocycles. The summed E-state index contributed by atoms with van der Waals surface area (Å²) >= 11 is 0. The number of esters is 1. The predicted molar refractivity (Wildman–Crippen MR) is 100 cm³/mol. The number of aliphatic hydroxyl groups is 1. The molecule has 1 fully saturated rings. The van der Waals surface area contributed by atoms with Crippen molar-refractivity contribution in [3.63, 3.8) is 0 Å². The minimum Gasteiger partial charge on any atom is -0.462 e. The van der Waals surface area contributed by atoms with E-state index in [1.807, 2.05) is 37.3 Å². The first-order valence-electron chi connectivity index (χ1n) is 9.56. The maximum absolute atomic E-state index is 12.5. The van der Waals surface area contributed by atoms with E-state index in [9.17, 15) is 9.90 Å². The van der Waals surface area contributed by atoms with Crippen LogP contribution in [-0.2, 0) is 9.53 Å². The number of hydrogen-bond donors (Lipinski definition) is 1. The minimum absolute atomic E-state index is 0.117. The van der Waals surface area contributed by atoms with Crippen LogP contribution in [0, 0.1) is 5.92 Å². The maximum atomic E-state index is 12.5. The second-order valence-electron chi connectivity index (χ2n) is 8.12. The van der Waals surface area contributed by atoms with E-state index in [1.54, 1.807) is 0 Å². The third kappa shape index (κ3) is 5.29. The number of rotatable bonds is 7. The van der Waals surface area contributed by atoms with Crippen molar-refractivity contribution in [3.8, 4) is 0 Å². The lowest BCUT2D eigenvalue weighted by molar-refractivity contribution is -0.937. The number of likely N-dealkylation sites (tertiary alicyclic amines) is 1. The summed E-state index contributed by atoms with van der Waals surface area (Å²) < 4.78 is 6.79. The van der Waals surface area contributed by atoms with E-state index < -0.39 is 5.92 Å². The smallest absolute Gasteiger partial charge is 0.316 e. The zero-order valence-corrected chi connectivity index (χ0v) is 16.1. The molecule has 0 amide bonds. The Morgan fingerprint density at radius 3 is 2.56 bits per heavy atom. The molecule has 1 aliphatic rings. The van der Waals surface area contributed by atoms with Crippen LogP contribution in [0.1, 0.15) is 51.5 Å². The second kappa shape index (κ2) is 8.81. The highest BCUT2D eigenvalue weighted by Crippen LogP contribution is 2.28. The van der Waals surface area contributed by atoms with Crippen LogP contribution < -0.4 is 0 Å². The van der Waals surface area contributed by atoms with Gasteiger partial charge < -0.3 is 14.3 Å². The van der Waals surface area contributed by atoms with Crippen LogP contribution in [0.2, 0.25) is 0 Å². The fourth-order valence-corrected chi connectivity index (χ4v) is 3.97. The van der Waals surface area contributed by atoms with E-state index in [0.29, 0.717) is 12.0 Å². The molecular formula is C21H34NO3+. The van der Waals surface area contributed by atoms with Gasteiger partial charge in [0.05, 0.1) is 38.9 Å². The van der Waals surface area contributed by atoms with Crippen LogP contribution in [0.15, 0.2) is 30.3 Å². The molecule has 4 atom stereocenters. The van der Waals surface area contributed by atoms with Gasteiger partial charge in [0.2, 0.25) is 0 Å². The van der Waals surface area contributed by atoms with Crippen LogP contribution in [-0.4, -0.2) is 54.4 Å². The Morgan fingerprint density at radius 2 is 1.96 bits per heavy atom. The second-order valence-corrected chi connectivity index (χ2v) is 8.12. The molecule has 1 aromatic carbocycles. The lowest BCUT2D eigenvalue weighted by atomic mass is 9.90. The molecule has 25 heavy (non-hydrogen) atoms. The number of piperidine rings is 1. The summed E-state index contributed by atoms with van der Waals surface area (Å²) in [6.45, 7) is 8.73. The summed E-state index contributed by atoms with van der Waals surface area (Å²) in [5.41, 5.74) is 0.809. The number of nitrogens with zero attached hydrogens (tertiary/aromatic N) is 1. The van der Waals surface area contributed by atoms with E-state index in [4.69, 9.17) is 4.74 Å². The number of carbonyl (C=O) groups excluding carboxylic acids is 1. The van der Waals surface area contributed by atoms with Gasteiger partial charge in [0.25, 0.3) is 0 Å². The van der Waals surface area contributed by atoms with Crippen molar-refractivity contribution in [1.82, 2.24) is 0 Å². The van der Waals surface area contributed by atoms with Crippen molar-refractivity contribution >= 4 is 5.97 Å². The number of hydrogen-bond acceptors (Lipinski definition) is 3. The summed E-state index contributed by atoms with van der Waals surface area (Å²) in [5.74, 6) is -0.321. The Kier molecular flexibility index (Phi) is 7.03. The molecule has 0 bridgehead atoms. The molecule has 0 aliphatic carbocycles. The van der Waals surface area contributed by atoms with Gasteiger partial charge in [0.15, 0.2) is 0 Å². The monoisotopic (exact) mass is 348 g/mol. The highest BCUT2D eigenvalue weighted by atomic mass is 16.5. The highest BCUT2D eigenvalue weighted by Gasteiger charge is 2.35. The molecule has 4 heteroatoms. The van der Waals surface area contributed by atoms with E-state index in [2.05, 4.69) is 20.9 Å². The summed E-state index contributed by atoms with van der Waals surface area (Å²) in [6, 6.07) is 10.00. The Morgan fingerprint density at radius 1 is 1.28 bits per heavy atom. The van der Waals surface area contributed by atoms with Crippen LogP contribution in [0.25, 0.3) is 0 Å². The molecule has 1 heterocycles. The number of carbonyl (C=O) groups is 1. The Bertz CT molecular complexity index is 545. The molecule has 4 unspecified atom stereocenters. The molecule has 2 rings (SSSR count). The van der Waals surface area contributed by atoms with Gasteiger partial charge in [0, 0.05) is 5.92 Å². The van der Waals surface area contributed by atoms with Crippen molar-refractivity contribution in [1.29, 1.82) is 0 Å². The summed E-state index contributed by atoms with van der Waals surface area (Å²) in [6.07, 6.45) is 3.24. The molecule has 0 radical (unpaired) electrons. The molecule has 1 aliphatic heterocycles. The summed E-state index contributed by atoms with van der Waals surface area (Å²) in [7, 11) is 2.34. The first-order valence-corrected chi connectivity index (χ1v) is 9.56. The molecule has 0 aromatic heterocycles. The van der Waals surface area contributed by atoms with Gasteiger partial charge in [-0.25, -0.2) is 0 Å². The average Bonchev–Trinajstić information content (AvgIpc) is 2.56. The van der Waals surface area contributed by atoms with Crippen molar-refractivity contribution < 1.29 is 19.1 Å². The lowest BCUT2D eigenvalue weighted by Gasteiger charge is -2.45. The van der Waals surface area contributed by atoms with Crippen LogP contribution in [0.3, 0.4) is 0 Å². The van der Waals surface area contributed by atoms with Gasteiger partial charge in [-0.2, -0.15) is 0 Å². The van der Waals surface area contributed by atoms with Crippen LogP contribution in [0.4, 0.5) is 0 Å². The van der Waals surface area contributed by atoms with Gasteiger partial charge in [-0.1, -0.05) is 30.3 Å². The van der Waals surface area contributed by atoms with E-state index in [0.717, 1.165) is 23.0 Å². The standard InChI is InChI=1S/C21H34NO3/c1-16(2)22(4)12-8-9-18(14-22)13-17(3)25-21(24)20(15-23)19-10-6-5-7-11-19/h5-7,10-11,16-18,20,23H,8-9,12-15H2,1-4H3/q+1. The SMILES string of the molecule is CC(CC1CCC[N+](C)(C(C)C)C1)OC(=O)C(CO)c1ccccc1. The average molecular weight is 349 g/mol. The van der Waals surface area contributed by atoms with Crippen molar-refractivity contribution in [2.75, 3.05) is 26.7 Å². The molecule has 1 N–H and O–H groups in total. The predicted octanol–water partition coefficient (Wildman–Crippen LogP) is 3.35. The number of quaternary nitrogens is 1. The Labute approximate surface area is 152 Å². The van der Waals surface area contributed by atoms with Gasteiger partial charge >= 0.3 is 5.97 Å². The molecule has 4 nitrogen and oxygen atoms in total.